The van der Waals surface area contributed by atoms with Gasteiger partial charge >= 0.3 is 0 Å². The number of guanidine groups is 1. The van der Waals surface area contributed by atoms with Gasteiger partial charge in [0.1, 0.15) is 0 Å². The first-order valence-corrected chi connectivity index (χ1v) is 10.7. The summed E-state index contributed by atoms with van der Waals surface area (Å²) >= 11 is 0. The predicted octanol–water partition coefficient (Wildman–Crippen LogP) is 2.74. The number of aliphatic imine (C=N–C) groups is 1. The minimum Gasteiger partial charge on any atom is -0.494 e. The van der Waals surface area contributed by atoms with Crippen LogP contribution in [0.25, 0.3) is 0 Å². The van der Waals surface area contributed by atoms with E-state index in [4.69, 9.17) is 4.74 Å². The quantitative estimate of drug-likeness (QED) is 0.351. The number of hydrogen-bond acceptors (Lipinski definition) is 4. The SMILES string of the molecule is CCNC(=NCCNC(C)(C)C)NC1CCN(Cc2ccc(OC)c(F)c2)CC1. The molecule has 3 N–H and O–H groups in total. The Morgan fingerprint density at radius 2 is 2.00 bits per heavy atom. The van der Waals surface area contributed by atoms with Crippen LogP contribution in [0.4, 0.5) is 4.39 Å². The Balaban J connectivity index is 1.78. The number of halogens is 1. The van der Waals surface area contributed by atoms with Gasteiger partial charge in [-0.05, 0) is 58.2 Å². The number of benzene rings is 1. The summed E-state index contributed by atoms with van der Waals surface area (Å²) in [5.74, 6) is 0.887. The number of methoxy groups -OCH3 is 1. The van der Waals surface area contributed by atoms with E-state index >= 15 is 0 Å². The second-order valence-electron chi connectivity index (χ2n) is 8.60. The maximum absolute atomic E-state index is 13.9. The summed E-state index contributed by atoms with van der Waals surface area (Å²) in [4.78, 5) is 7.06. The lowest BCUT2D eigenvalue weighted by molar-refractivity contribution is 0.198. The fraction of sp³-hybridized carbons (Fsp3) is 0.682. The molecule has 1 aliphatic rings. The summed E-state index contributed by atoms with van der Waals surface area (Å²) in [6.45, 7) is 13.7. The number of likely N-dealkylation sites (tertiary alicyclic amines) is 1. The Kier molecular flexibility index (Phi) is 9.17. The lowest BCUT2D eigenvalue weighted by Crippen LogP contribution is -2.48. The monoisotopic (exact) mass is 407 g/mol. The highest BCUT2D eigenvalue weighted by Crippen LogP contribution is 2.20. The molecule has 0 bridgehead atoms. The zero-order chi connectivity index (χ0) is 21.3. The number of ether oxygens (including phenoxy) is 1. The van der Waals surface area contributed by atoms with Crippen LogP contribution in [0.5, 0.6) is 5.75 Å². The van der Waals surface area contributed by atoms with Gasteiger partial charge < -0.3 is 20.7 Å². The molecule has 164 valence electrons. The smallest absolute Gasteiger partial charge is 0.191 e. The third-order valence-corrected chi connectivity index (χ3v) is 4.93. The van der Waals surface area contributed by atoms with Gasteiger partial charge in [0.2, 0.25) is 0 Å². The van der Waals surface area contributed by atoms with Gasteiger partial charge in [0.15, 0.2) is 17.5 Å². The van der Waals surface area contributed by atoms with Crippen molar-refractivity contribution in [2.75, 3.05) is 39.8 Å². The first-order valence-electron chi connectivity index (χ1n) is 10.7. The third-order valence-electron chi connectivity index (χ3n) is 4.93. The van der Waals surface area contributed by atoms with Crippen LogP contribution in [0.3, 0.4) is 0 Å². The first-order chi connectivity index (χ1) is 13.8. The van der Waals surface area contributed by atoms with Crippen LogP contribution in [0, 0.1) is 5.82 Å². The number of rotatable bonds is 8. The second kappa shape index (κ2) is 11.4. The molecular formula is C22H38FN5O. The molecule has 0 saturated carbocycles. The van der Waals surface area contributed by atoms with Crippen molar-refractivity contribution < 1.29 is 9.13 Å². The van der Waals surface area contributed by atoms with Crippen LogP contribution in [-0.4, -0.2) is 62.3 Å². The highest BCUT2D eigenvalue weighted by molar-refractivity contribution is 5.80. The van der Waals surface area contributed by atoms with Crippen LogP contribution in [0.2, 0.25) is 0 Å². The highest BCUT2D eigenvalue weighted by atomic mass is 19.1. The molecule has 0 spiro atoms. The second-order valence-corrected chi connectivity index (χ2v) is 8.60. The summed E-state index contributed by atoms with van der Waals surface area (Å²) in [5, 5.41) is 10.4. The van der Waals surface area contributed by atoms with E-state index in [-0.39, 0.29) is 11.4 Å². The molecule has 1 aromatic carbocycles. The molecule has 0 radical (unpaired) electrons. The molecule has 1 aromatic rings. The minimum atomic E-state index is -0.297. The lowest BCUT2D eigenvalue weighted by atomic mass is 10.0. The highest BCUT2D eigenvalue weighted by Gasteiger charge is 2.20. The normalized spacial score (nSPS) is 16.7. The van der Waals surface area contributed by atoms with Gasteiger partial charge in [0.05, 0.1) is 13.7 Å². The molecule has 0 amide bonds. The van der Waals surface area contributed by atoms with Gasteiger partial charge in [-0.1, -0.05) is 6.07 Å². The molecule has 0 unspecified atom stereocenters. The molecule has 7 heteroatoms. The Labute approximate surface area is 175 Å². The standard InChI is InChI=1S/C22H38FN5O/c1-6-24-21(25-11-12-26-22(2,3)4)27-18-9-13-28(14-10-18)16-17-7-8-20(29-5)19(23)15-17/h7-8,15,18,26H,6,9-14,16H2,1-5H3,(H2,24,25,27). The molecule has 1 saturated heterocycles. The Morgan fingerprint density at radius 1 is 1.28 bits per heavy atom. The van der Waals surface area contributed by atoms with Gasteiger partial charge in [-0.3, -0.25) is 9.89 Å². The maximum Gasteiger partial charge on any atom is 0.191 e. The topological polar surface area (TPSA) is 60.9 Å². The van der Waals surface area contributed by atoms with Crippen molar-refractivity contribution in [1.29, 1.82) is 0 Å². The molecule has 1 heterocycles. The van der Waals surface area contributed by atoms with E-state index in [0.29, 0.717) is 11.8 Å². The van der Waals surface area contributed by atoms with Gasteiger partial charge in [0, 0.05) is 44.3 Å². The van der Waals surface area contributed by atoms with E-state index < -0.39 is 0 Å². The van der Waals surface area contributed by atoms with Gasteiger partial charge in [0.25, 0.3) is 0 Å². The molecule has 1 fully saturated rings. The Bertz CT molecular complexity index is 651. The zero-order valence-electron chi connectivity index (χ0n) is 18.6. The predicted molar refractivity (Wildman–Crippen MR) is 118 cm³/mol. The molecule has 2 rings (SSSR count). The molecule has 0 aliphatic carbocycles. The van der Waals surface area contributed by atoms with Crippen molar-refractivity contribution in [2.24, 2.45) is 4.99 Å². The summed E-state index contributed by atoms with van der Waals surface area (Å²) in [5.41, 5.74) is 1.09. The van der Waals surface area contributed by atoms with E-state index in [1.807, 2.05) is 6.07 Å². The Hall–Kier alpha value is -1.86. The third kappa shape index (κ3) is 8.58. The van der Waals surface area contributed by atoms with Crippen LogP contribution in [0.1, 0.15) is 46.1 Å². The van der Waals surface area contributed by atoms with Crippen molar-refractivity contribution in [3.05, 3.63) is 29.6 Å². The van der Waals surface area contributed by atoms with E-state index in [1.165, 1.54) is 7.11 Å². The van der Waals surface area contributed by atoms with Crippen LogP contribution in [-0.2, 0) is 6.54 Å². The van der Waals surface area contributed by atoms with E-state index in [1.54, 1.807) is 12.1 Å². The van der Waals surface area contributed by atoms with Crippen molar-refractivity contribution in [2.45, 2.75) is 58.7 Å². The Morgan fingerprint density at radius 3 is 2.59 bits per heavy atom. The summed E-state index contributed by atoms with van der Waals surface area (Å²) in [6.07, 6.45) is 2.09. The van der Waals surface area contributed by atoms with Gasteiger partial charge in [-0.2, -0.15) is 0 Å². The van der Waals surface area contributed by atoms with Gasteiger partial charge in [-0.25, -0.2) is 4.39 Å². The van der Waals surface area contributed by atoms with Crippen LogP contribution >= 0.6 is 0 Å². The zero-order valence-corrected chi connectivity index (χ0v) is 18.6. The number of hydrogen-bond donors (Lipinski definition) is 3. The van der Waals surface area contributed by atoms with Crippen molar-refractivity contribution >= 4 is 5.96 Å². The molecule has 1 aliphatic heterocycles. The van der Waals surface area contributed by atoms with Crippen molar-refractivity contribution in [1.82, 2.24) is 20.9 Å². The first kappa shape index (κ1) is 23.4. The number of nitrogens with one attached hydrogen (secondary N) is 3. The minimum absolute atomic E-state index is 0.112. The molecule has 29 heavy (non-hydrogen) atoms. The van der Waals surface area contributed by atoms with Crippen LogP contribution < -0.4 is 20.7 Å². The maximum atomic E-state index is 13.9. The summed E-state index contributed by atoms with van der Waals surface area (Å²) in [7, 11) is 1.49. The summed E-state index contributed by atoms with van der Waals surface area (Å²) < 4.78 is 18.9. The molecule has 0 atom stereocenters. The fourth-order valence-electron chi connectivity index (χ4n) is 3.41. The van der Waals surface area contributed by atoms with Crippen LogP contribution in [0.15, 0.2) is 23.2 Å². The average molecular weight is 408 g/mol. The average Bonchev–Trinajstić information content (AvgIpc) is 2.66. The van der Waals surface area contributed by atoms with Crippen molar-refractivity contribution in [3.8, 4) is 5.75 Å². The molecular weight excluding hydrogens is 369 g/mol. The van der Waals surface area contributed by atoms with Crippen molar-refractivity contribution in [3.63, 3.8) is 0 Å². The van der Waals surface area contributed by atoms with E-state index in [0.717, 1.165) is 63.6 Å². The molecule has 6 nitrogen and oxygen atoms in total. The van der Waals surface area contributed by atoms with E-state index in [2.05, 4.69) is 53.5 Å². The molecule has 0 aromatic heterocycles. The van der Waals surface area contributed by atoms with E-state index in [9.17, 15) is 4.39 Å². The fourth-order valence-corrected chi connectivity index (χ4v) is 3.41. The summed E-state index contributed by atoms with van der Waals surface area (Å²) in [6, 6.07) is 5.62. The largest absolute Gasteiger partial charge is 0.494 e. The number of nitrogens with zero attached hydrogens (tertiary/aromatic N) is 2. The van der Waals surface area contributed by atoms with Gasteiger partial charge in [-0.15, -0.1) is 0 Å². The lowest BCUT2D eigenvalue weighted by Gasteiger charge is -2.33. The number of piperidine rings is 1.